The van der Waals surface area contributed by atoms with Crippen LogP contribution in [-0.2, 0) is 9.59 Å². The van der Waals surface area contributed by atoms with Crippen molar-refractivity contribution in [1.82, 2.24) is 4.90 Å². The summed E-state index contributed by atoms with van der Waals surface area (Å²) in [7, 11) is 0. The molecular formula is C13H23NO5S. The number of hydrogen-bond acceptors (Lipinski definition) is 6. The van der Waals surface area contributed by atoms with Crippen LogP contribution in [0.3, 0.4) is 0 Å². The first-order valence-electron chi connectivity index (χ1n) is 6.76. The minimum Gasteiger partial charge on any atom is -0.388 e. The summed E-state index contributed by atoms with van der Waals surface area (Å²) in [6.07, 6.45) is -2.11. The lowest BCUT2D eigenvalue weighted by atomic mass is 9.78. The molecule has 0 aromatic heterocycles. The Morgan fingerprint density at radius 2 is 1.80 bits per heavy atom. The van der Waals surface area contributed by atoms with E-state index in [1.54, 1.807) is 13.8 Å². The number of β-amino-alcohol motifs (C(OH)–C–C–N with tert-alkyl or cyclic N) is 2. The maximum absolute atomic E-state index is 12.0. The number of carbonyl (C=O) groups is 2. The van der Waals surface area contributed by atoms with Gasteiger partial charge >= 0.3 is 0 Å². The second-order valence-electron chi connectivity index (χ2n) is 5.50. The second kappa shape index (κ2) is 6.89. The Hall–Kier alpha value is -0.630. The number of thiol groups is 1. The summed E-state index contributed by atoms with van der Waals surface area (Å²) >= 11 is 4.02. The summed E-state index contributed by atoms with van der Waals surface area (Å²) in [4.78, 5) is 25.2. The van der Waals surface area contributed by atoms with Crippen molar-refractivity contribution in [2.24, 2.45) is 5.92 Å². The summed E-state index contributed by atoms with van der Waals surface area (Å²) in [5.74, 6) is -0.785. The van der Waals surface area contributed by atoms with Crippen LogP contribution < -0.4 is 0 Å². The van der Waals surface area contributed by atoms with Crippen LogP contribution >= 0.6 is 12.6 Å². The number of Topliss-reactive ketones (excluding diaryl/α,β-unsaturated/α-hetero) is 1. The van der Waals surface area contributed by atoms with Gasteiger partial charge in [0.15, 0.2) is 11.4 Å². The molecular weight excluding hydrogens is 282 g/mol. The van der Waals surface area contributed by atoms with Crippen LogP contribution in [0.2, 0.25) is 0 Å². The lowest BCUT2D eigenvalue weighted by Gasteiger charge is -2.45. The predicted molar refractivity (Wildman–Crippen MR) is 76.5 cm³/mol. The first-order chi connectivity index (χ1) is 9.25. The normalized spacial score (nSPS) is 30.6. The quantitative estimate of drug-likeness (QED) is 0.499. The molecule has 0 bridgehead atoms. The van der Waals surface area contributed by atoms with Gasteiger partial charge in [-0.1, -0.05) is 13.8 Å². The van der Waals surface area contributed by atoms with Crippen molar-refractivity contribution in [1.29, 1.82) is 0 Å². The molecule has 20 heavy (non-hydrogen) atoms. The van der Waals surface area contributed by atoms with Crippen LogP contribution in [0.15, 0.2) is 0 Å². The molecule has 1 saturated heterocycles. The number of nitrogens with zero attached hydrogens (tertiary/aromatic N) is 1. The Morgan fingerprint density at radius 1 is 1.30 bits per heavy atom. The molecule has 0 saturated carbocycles. The maximum Gasteiger partial charge on any atom is 0.222 e. The Labute approximate surface area is 124 Å². The van der Waals surface area contributed by atoms with Gasteiger partial charge in [-0.25, -0.2) is 0 Å². The highest BCUT2D eigenvalue weighted by Gasteiger charge is 2.54. The van der Waals surface area contributed by atoms with Gasteiger partial charge in [0.1, 0.15) is 12.2 Å². The van der Waals surface area contributed by atoms with Gasteiger partial charge in [-0.3, -0.25) is 9.59 Å². The highest BCUT2D eigenvalue weighted by atomic mass is 32.1. The molecule has 0 spiro atoms. The summed E-state index contributed by atoms with van der Waals surface area (Å²) in [5.41, 5.74) is -2.20. The van der Waals surface area contributed by atoms with Crippen molar-refractivity contribution >= 4 is 24.3 Å². The van der Waals surface area contributed by atoms with E-state index in [4.69, 9.17) is 0 Å². The monoisotopic (exact) mass is 305 g/mol. The zero-order valence-corrected chi connectivity index (χ0v) is 12.7. The number of amides is 1. The molecule has 1 rings (SSSR count). The average molecular weight is 305 g/mol. The van der Waals surface area contributed by atoms with Crippen molar-refractivity contribution < 1.29 is 24.9 Å². The van der Waals surface area contributed by atoms with E-state index in [1.165, 1.54) is 4.90 Å². The molecule has 1 fully saturated rings. The molecule has 0 aliphatic carbocycles. The van der Waals surface area contributed by atoms with Gasteiger partial charge < -0.3 is 20.2 Å². The first kappa shape index (κ1) is 17.4. The van der Waals surface area contributed by atoms with Crippen LogP contribution in [-0.4, -0.2) is 68.6 Å². The Bertz CT molecular complexity index is 362. The molecule has 1 heterocycles. The van der Waals surface area contributed by atoms with Gasteiger partial charge in [0.05, 0.1) is 13.1 Å². The third kappa shape index (κ3) is 3.33. The summed E-state index contributed by atoms with van der Waals surface area (Å²) < 4.78 is 0. The lowest BCUT2D eigenvalue weighted by molar-refractivity contribution is -0.196. The van der Waals surface area contributed by atoms with Gasteiger partial charge in [-0.05, 0) is 12.2 Å². The molecule has 0 aromatic carbocycles. The number of hydrogen-bond donors (Lipinski definition) is 4. The molecule has 6 nitrogen and oxygen atoms in total. The molecule has 116 valence electrons. The number of aliphatic hydroxyl groups excluding tert-OH is 2. The smallest absolute Gasteiger partial charge is 0.222 e. The molecule has 7 heteroatoms. The Morgan fingerprint density at radius 3 is 2.20 bits per heavy atom. The minimum absolute atomic E-state index is 0.155. The number of carbonyl (C=O) groups excluding carboxylic acids is 2. The number of aliphatic hydroxyl groups is 3. The molecule has 1 aliphatic heterocycles. The van der Waals surface area contributed by atoms with E-state index >= 15 is 0 Å². The van der Waals surface area contributed by atoms with E-state index in [-0.39, 0.29) is 25.4 Å². The van der Waals surface area contributed by atoms with Crippen molar-refractivity contribution in [3.05, 3.63) is 0 Å². The SMILES string of the molecule is CC(C)C(=O)C1(O)C(O)CN(C(=O)CCCS)CC1O. The minimum atomic E-state index is -2.20. The predicted octanol–water partition coefficient (Wildman–Crippen LogP) is -0.783. The summed E-state index contributed by atoms with van der Waals surface area (Å²) in [6.45, 7) is 2.86. The highest BCUT2D eigenvalue weighted by molar-refractivity contribution is 7.80. The van der Waals surface area contributed by atoms with E-state index in [1.807, 2.05) is 0 Å². The second-order valence-corrected chi connectivity index (χ2v) is 5.95. The molecule has 2 unspecified atom stereocenters. The fourth-order valence-corrected chi connectivity index (χ4v) is 2.53. The third-order valence-electron chi connectivity index (χ3n) is 3.62. The molecule has 1 amide bonds. The van der Waals surface area contributed by atoms with Crippen LogP contribution in [0.1, 0.15) is 26.7 Å². The molecule has 0 aromatic rings. The highest BCUT2D eigenvalue weighted by Crippen LogP contribution is 2.27. The van der Waals surface area contributed by atoms with Crippen molar-refractivity contribution in [3.63, 3.8) is 0 Å². The van der Waals surface area contributed by atoms with E-state index in [0.29, 0.717) is 12.2 Å². The molecule has 0 radical (unpaired) electrons. The van der Waals surface area contributed by atoms with Crippen molar-refractivity contribution in [2.75, 3.05) is 18.8 Å². The van der Waals surface area contributed by atoms with Crippen LogP contribution in [0.5, 0.6) is 0 Å². The topological polar surface area (TPSA) is 98.1 Å². The van der Waals surface area contributed by atoms with Crippen LogP contribution in [0.4, 0.5) is 0 Å². The Kier molecular flexibility index (Phi) is 6.00. The maximum atomic E-state index is 12.0. The summed E-state index contributed by atoms with van der Waals surface area (Å²) in [5, 5.41) is 30.4. The molecule has 1 aliphatic rings. The average Bonchev–Trinajstić information content (AvgIpc) is 2.40. The van der Waals surface area contributed by atoms with E-state index in [2.05, 4.69) is 12.6 Å². The van der Waals surface area contributed by atoms with Gasteiger partial charge in [-0.15, -0.1) is 0 Å². The van der Waals surface area contributed by atoms with Crippen molar-refractivity contribution in [2.45, 2.75) is 44.5 Å². The number of ketones is 1. The van der Waals surface area contributed by atoms with Gasteiger partial charge in [0.25, 0.3) is 0 Å². The van der Waals surface area contributed by atoms with E-state index in [9.17, 15) is 24.9 Å². The first-order valence-corrected chi connectivity index (χ1v) is 7.39. The van der Waals surface area contributed by atoms with Gasteiger partial charge in [0.2, 0.25) is 5.91 Å². The fraction of sp³-hybridized carbons (Fsp3) is 0.846. The fourth-order valence-electron chi connectivity index (χ4n) is 2.38. The molecule has 2 atom stereocenters. The lowest BCUT2D eigenvalue weighted by Crippen LogP contribution is -2.69. The number of likely N-dealkylation sites (tertiary alicyclic amines) is 1. The van der Waals surface area contributed by atoms with Crippen LogP contribution in [0, 0.1) is 5.92 Å². The number of rotatable bonds is 5. The third-order valence-corrected chi connectivity index (χ3v) is 3.94. The summed E-state index contributed by atoms with van der Waals surface area (Å²) in [6, 6.07) is 0. The zero-order chi connectivity index (χ0) is 15.5. The Balaban J connectivity index is 2.81. The number of piperidine rings is 1. The largest absolute Gasteiger partial charge is 0.388 e. The van der Waals surface area contributed by atoms with Crippen LogP contribution in [0.25, 0.3) is 0 Å². The van der Waals surface area contributed by atoms with E-state index < -0.39 is 29.5 Å². The van der Waals surface area contributed by atoms with Gasteiger partial charge in [-0.2, -0.15) is 12.6 Å². The zero-order valence-electron chi connectivity index (χ0n) is 11.8. The van der Waals surface area contributed by atoms with Gasteiger partial charge in [0, 0.05) is 12.3 Å². The molecule has 3 N–H and O–H groups in total. The standard InChI is InChI=1S/C13H23NO5S/c1-8(2)12(18)13(19)9(15)6-14(7-10(13)16)11(17)4-3-5-20/h8-10,15-16,19-20H,3-7H2,1-2H3. The van der Waals surface area contributed by atoms with Crippen molar-refractivity contribution in [3.8, 4) is 0 Å². The van der Waals surface area contributed by atoms with E-state index in [0.717, 1.165) is 0 Å².